The zero-order chi connectivity index (χ0) is 16.4. The van der Waals surface area contributed by atoms with Gasteiger partial charge in [-0.1, -0.05) is 6.07 Å². The highest BCUT2D eigenvalue weighted by atomic mass is 16.5. The van der Waals surface area contributed by atoms with Crippen LogP contribution in [0.5, 0.6) is 5.75 Å². The summed E-state index contributed by atoms with van der Waals surface area (Å²) in [5.74, 6) is 0.280. The van der Waals surface area contributed by atoms with Crippen LogP contribution in [0.3, 0.4) is 0 Å². The van der Waals surface area contributed by atoms with Gasteiger partial charge < -0.3 is 14.4 Å². The van der Waals surface area contributed by atoms with Crippen LogP contribution < -0.4 is 4.74 Å². The number of amides is 1. The number of carbonyl (C=O) groups excluding carboxylic acids is 3. The molecule has 122 valence electrons. The molecule has 0 spiro atoms. The lowest BCUT2D eigenvalue weighted by molar-refractivity contribution is -0.133. The van der Waals surface area contributed by atoms with Gasteiger partial charge in [0.1, 0.15) is 18.1 Å². The van der Waals surface area contributed by atoms with Crippen molar-refractivity contribution in [3.05, 3.63) is 29.3 Å². The summed E-state index contributed by atoms with van der Waals surface area (Å²) in [5, 5.41) is 0. The summed E-state index contributed by atoms with van der Waals surface area (Å²) in [5.41, 5.74) is 1.38. The highest BCUT2D eigenvalue weighted by molar-refractivity contribution is 6.07. The third kappa shape index (κ3) is 2.99. The van der Waals surface area contributed by atoms with Crippen LogP contribution in [-0.4, -0.2) is 48.7 Å². The van der Waals surface area contributed by atoms with Gasteiger partial charge in [0.2, 0.25) is 0 Å². The van der Waals surface area contributed by atoms with Crippen LogP contribution in [-0.2, 0) is 20.9 Å². The van der Waals surface area contributed by atoms with Crippen LogP contribution >= 0.6 is 0 Å². The molecule has 1 unspecified atom stereocenters. The van der Waals surface area contributed by atoms with Gasteiger partial charge in [-0.15, -0.1) is 0 Å². The summed E-state index contributed by atoms with van der Waals surface area (Å²) in [4.78, 5) is 37.7. The number of ketones is 2. The van der Waals surface area contributed by atoms with Crippen molar-refractivity contribution in [3.8, 4) is 5.75 Å². The third-order valence-corrected chi connectivity index (χ3v) is 4.31. The molecule has 1 fully saturated rings. The molecule has 6 heteroatoms. The van der Waals surface area contributed by atoms with Crippen LogP contribution in [0.15, 0.2) is 18.2 Å². The fraction of sp³-hybridized carbons (Fsp3) is 0.471. The van der Waals surface area contributed by atoms with E-state index in [9.17, 15) is 14.4 Å². The van der Waals surface area contributed by atoms with Gasteiger partial charge in [-0.2, -0.15) is 0 Å². The molecule has 0 aromatic heterocycles. The van der Waals surface area contributed by atoms with Crippen LogP contribution in [0, 0.1) is 0 Å². The zero-order valence-corrected chi connectivity index (χ0v) is 13.0. The fourth-order valence-corrected chi connectivity index (χ4v) is 3.14. The lowest BCUT2D eigenvalue weighted by atomic mass is 9.92. The lowest BCUT2D eigenvalue weighted by Crippen LogP contribution is -2.44. The third-order valence-electron chi connectivity index (χ3n) is 4.31. The number of methoxy groups -OCH3 is 1. The van der Waals surface area contributed by atoms with Gasteiger partial charge in [0.05, 0.1) is 25.6 Å². The van der Waals surface area contributed by atoms with E-state index in [2.05, 4.69) is 0 Å². The van der Waals surface area contributed by atoms with Crippen molar-refractivity contribution >= 4 is 17.5 Å². The Morgan fingerprint density at radius 1 is 1.22 bits per heavy atom. The smallest absolute Gasteiger partial charge is 0.255 e. The second-order valence-electron chi connectivity index (χ2n) is 5.79. The van der Waals surface area contributed by atoms with E-state index in [1.54, 1.807) is 24.1 Å². The van der Waals surface area contributed by atoms with Crippen molar-refractivity contribution in [2.75, 3.05) is 20.3 Å². The molecule has 1 atom stereocenters. The SMILES string of the molecule is COCCOc1cccc2c1CN(C1CCC(=O)CC1=O)C2=O. The summed E-state index contributed by atoms with van der Waals surface area (Å²) in [6.07, 6.45) is 0.701. The van der Waals surface area contributed by atoms with Crippen LogP contribution in [0.4, 0.5) is 0 Å². The molecule has 0 N–H and O–H groups in total. The Bertz CT molecular complexity index is 654. The van der Waals surface area contributed by atoms with Gasteiger partial charge in [-0.05, 0) is 18.6 Å². The van der Waals surface area contributed by atoms with Gasteiger partial charge in [0.25, 0.3) is 5.91 Å². The van der Waals surface area contributed by atoms with E-state index in [-0.39, 0.29) is 23.9 Å². The average Bonchev–Trinajstić information content (AvgIpc) is 2.86. The van der Waals surface area contributed by atoms with E-state index in [1.165, 1.54) is 0 Å². The molecule has 3 rings (SSSR count). The quantitative estimate of drug-likeness (QED) is 0.605. The van der Waals surface area contributed by atoms with Crippen molar-refractivity contribution < 1.29 is 23.9 Å². The van der Waals surface area contributed by atoms with Gasteiger partial charge in [-0.25, -0.2) is 0 Å². The molecule has 0 bridgehead atoms. The van der Waals surface area contributed by atoms with E-state index in [0.29, 0.717) is 43.9 Å². The van der Waals surface area contributed by atoms with Gasteiger partial charge in [0, 0.05) is 24.7 Å². The molecule has 6 nitrogen and oxygen atoms in total. The average molecular weight is 317 g/mol. The number of hydrogen-bond donors (Lipinski definition) is 0. The molecule has 0 radical (unpaired) electrons. The molecule has 1 aromatic rings. The van der Waals surface area contributed by atoms with Crippen LogP contribution in [0.2, 0.25) is 0 Å². The maximum Gasteiger partial charge on any atom is 0.255 e. The lowest BCUT2D eigenvalue weighted by Gasteiger charge is -2.29. The molecule has 2 aliphatic rings. The molecule has 0 saturated heterocycles. The maximum atomic E-state index is 12.6. The van der Waals surface area contributed by atoms with Crippen molar-refractivity contribution in [3.63, 3.8) is 0 Å². The Morgan fingerprint density at radius 3 is 2.78 bits per heavy atom. The number of fused-ring (bicyclic) bond motifs is 1. The minimum atomic E-state index is -0.501. The first-order chi connectivity index (χ1) is 11.1. The number of ether oxygens (including phenoxy) is 2. The molecule has 1 aliphatic heterocycles. The molecule has 1 heterocycles. The Morgan fingerprint density at radius 2 is 2.04 bits per heavy atom. The Kier molecular flexibility index (Phi) is 4.43. The molecule has 1 amide bonds. The zero-order valence-electron chi connectivity index (χ0n) is 13.0. The topological polar surface area (TPSA) is 72.9 Å². The summed E-state index contributed by atoms with van der Waals surface area (Å²) in [7, 11) is 1.60. The molecular formula is C17H19NO5. The molecular weight excluding hydrogens is 298 g/mol. The molecule has 1 aliphatic carbocycles. The van der Waals surface area contributed by atoms with Gasteiger partial charge in [0.15, 0.2) is 5.78 Å². The molecule has 1 aromatic carbocycles. The van der Waals surface area contributed by atoms with Crippen molar-refractivity contribution in [1.82, 2.24) is 4.90 Å². The number of hydrogen-bond acceptors (Lipinski definition) is 5. The fourth-order valence-electron chi connectivity index (χ4n) is 3.14. The Labute approximate surface area is 134 Å². The highest BCUT2D eigenvalue weighted by Gasteiger charge is 2.39. The largest absolute Gasteiger partial charge is 0.491 e. The monoisotopic (exact) mass is 317 g/mol. The van der Waals surface area contributed by atoms with E-state index in [1.807, 2.05) is 6.07 Å². The van der Waals surface area contributed by atoms with Gasteiger partial charge in [-0.3, -0.25) is 14.4 Å². The highest BCUT2D eigenvalue weighted by Crippen LogP contribution is 2.34. The molecule has 23 heavy (non-hydrogen) atoms. The standard InChI is InChI=1S/C17H19NO5/c1-22-7-8-23-16-4-2-3-12-13(16)10-18(17(12)21)14-6-5-11(19)9-15(14)20/h2-4,14H,5-10H2,1H3. The van der Waals surface area contributed by atoms with Crippen molar-refractivity contribution in [2.24, 2.45) is 0 Å². The Hall–Kier alpha value is -2.21. The van der Waals surface area contributed by atoms with Crippen molar-refractivity contribution in [2.45, 2.75) is 31.8 Å². The first kappa shape index (κ1) is 15.7. The predicted octanol–water partition coefficient (Wildman–Crippen LogP) is 1.36. The predicted molar refractivity (Wildman–Crippen MR) is 81.3 cm³/mol. The van der Waals surface area contributed by atoms with E-state index >= 15 is 0 Å². The van der Waals surface area contributed by atoms with E-state index in [4.69, 9.17) is 9.47 Å². The van der Waals surface area contributed by atoms with Crippen LogP contribution in [0.1, 0.15) is 35.2 Å². The molecule has 1 saturated carbocycles. The van der Waals surface area contributed by atoms with Gasteiger partial charge >= 0.3 is 0 Å². The minimum absolute atomic E-state index is 0.0426. The second kappa shape index (κ2) is 6.50. The summed E-state index contributed by atoms with van der Waals surface area (Å²) >= 11 is 0. The second-order valence-corrected chi connectivity index (χ2v) is 5.79. The number of rotatable bonds is 5. The Balaban J connectivity index is 1.80. The first-order valence-electron chi connectivity index (χ1n) is 7.71. The number of Topliss-reactive ketones (excluding diaryl/α,β-unsaturated/α-hetero) is 2. The minimum Gasteiger partial charge on any atom is -0.491 e. The first-order valence-corrected chi connectivity index (χ1v) is 7.71. The van der Waals surface area contributed by atoms with Crippen molar-refractivity contribution in [1.29, 1.82) is 0 Å². The number of carbonyl (C=O) groups is 3. The van der Waals surface area contributed by atoms with E-state index in [0.717, 1.165) is 5.56 Å². The summed E-state index contributed by atoms with van der Waals surface area (Å²) < 4.78 is 10.6. The maximum absolute atomic E-state index is 12.6. The summed E-state index contributed by atoms with van der Waals surface area (Å²) in [6, 6.07) is 4.84. The summed E-state index contributed by atoms with van der Waals surface area (Å²) in [6.45, 7) is 1.21. The normalized spacial score (nSPS) is 20.8. The number of benzene rings is 1. The van der Waals surface area contributed by atoms with E-state index < -0.39 is 6.04 Å². The number of nitrogens with zero attached hydrogens (tertiary/aromatic N) is 1. The van der Waals surface area contributed by atoms with Crippen LogP contribution in [0.25, 0.3) is 0 Å².